The second-order valence-electron chi connectivity index (χ2n) is 3.27. The van der Waals surface area contributed by atoms with Gasteiger partial charge in [0.15, 0.2) is 9.84 Å². The van der Waals surface area contributed by atoms with Crippen LogP contribution < -0.4 is 0 Å². The number of sulfone groups is 1. The van der Waals surface area contributed by atoms with Gasteiger partial charge < -0.3 is 10.2 Å². The Morgan fingerprint density at radius 1 is 1.07 bits per heavy atom. The van der Waals surface area contributed by atoms with E-state index >= 15 is 0 Å². The van der Waals surface area contributed by atoms with Gasteiger partial charge in [-0.25, -0.2) is 18.0 Å². The highest BCUT2D eigenvalue weighted by molar-refractivity contribution is 7.91. The first-order chi connectivity index (χ1) is 6.83. The highest BCUT2D eigenvalue weighted by atomic mass is 32.2. The molecule has 86 valence electrons. The van der Waals surface area contributed by atoms with Crippen LogP contribution in [0.1, 0.15) is 0 Å². The van der Waals surface area contributed by atoms with E-state index in [1.54, 1.807) is 0 Å². The third kappa shape index (κ3) is 2.90. The van der Waals surface area contributed by atoms with Gasteiger partial charge in [0.2, 0.25) is 6.04 Å². The van der Waals surface area contributed by atoms with Crippen LogP contribution in [-0.4, -0.2) is 66.1 Å². The fourth-order valence-electron chi connectivity index (χ4n) is 1.40. The molecule has 8 heteroatoms. The number of nitrogens with zero attached hydrogens (tertiary/aromatic N) is 1. The maximum absolute atomic E-state index is 11.0. The summed E-state index contributed by atoms with van der Waals surface area (Å²) in [7, 11) is -3.13. The van der Waals surface area contributed by atoms with E-state index in [0.717, 1.165) is 4.90 Å². The van der Waals surface area contributed by atoms with Gasteiger partial charge in [-0.3, -0.25) is 4.90 Å². The summed E-state index contributed by atoms with van der Waals surface area (Å²) >= 11 is 0. The van der Waals surface area contributed by atoms with E-state index in [1.165, 1.54) is 0 Å². The summed E-state index contributed by atoms with van der Waals surface area (Å²) in [5, 5.41) is 17.3. The Balaban J connectivity index is 2.73. The lowest BCUT2D eigenvalue weighted by molar-refractivity contribution is -0.156. The Bertz CT molecular complexity index is 347. The third-order valence-electron chi connectivity index (χ3n) is 2.21. The number of hydrogen-bond donors (Lipinski definition) is 2. The van der Waals surface area contributed by atoms with Crippen LogP contribution in [0.25, 0.3) is 0 Å². The molecule has 0 spiro atoms. The van der Waals surface area contributed by atoms with E-state index in [2.05, 4.69) is 0 Å². The molecule has 0 bridgehead atoms. The second-order valence-corrected chi connectivity index (χ2v) is 5.57. The van der Waals surface area contributed by atoms with Crippen molar-refractivity contribution in [2.75, 3.05) is 24.6 Å². The summed E-state index contributed by atoms with van der Waals surface area (Å²) in [6, 6.07) is -1.65. The molecule has 1 saturated heterocycles. The fourth-order valence-corrected chi connectivity index (χ4v) is 2.63. The highest BCUT2D eigenvalue weighted by Crippen LogP contribution is 2.08. The summed E-state index contributed by atoms with van der Waals surface area (Å²) in [4.78, 5) is 22.4. The minimum Gasteiger partial charge on any atom is -0.480 e. The maximum atomic E-state index is 11.0. The van der Waals surface area contributed by atoms with Crippen LogP contribution >= 0.6 is 0 Å². The minimum atomic E-state index is -3.13. The third-order valence-corrected chi connectivity index (χ3v) is 3.82. The van der Waals surface area contributed by atoms with Gasteiger partial charge in [0.1, 0.15) is 0 Å². The average Bonchev–Trinajstić information content (AvgIpc) is 2.07. The maximum Gasteiger partial charge on any atom is 0.332 e. The molecule has 1 aliphatic rings. The second kappa shape index (κ2) is 4.15. The first-order valence-corrected chi connectivity index (χ1v) is 6.06. The van der Waals surface area contributed by atoms with Gasteiger partial charge >= 0.3 is 11.9 Å². The molecule has 7 nitrogen and oxygen atoms in total. The Kier molecular flexibility index (Phi) is 3.30. The van der Waals surface area contributed by atoms with Crippen LogP contribution in [0.2, 0.25) is 0 Å². The lowest BCUT2D eigenvalue weighted by Crippen LogP contribution is -2.52. The zero-order chi connectivity index (χ0) is 11.6. The van der Waals surface area contributed by atoms with Crippen molar-refractivity contribution in [3.63, 3.8) is 0 Å². The Hall–Kier alpha value is -1.15. The van der Waals surface area contributed by atoms with Crippen molar-refractivity contribution in [1.29, 1.82) is 0 Å². The van der Waals surface area contributed by atoms with Crippen LogP contribution in [0.5, 0.6) is 0 Å². The molecule has 1 aliphatic heterocycles. The van der Waals surface area contributed by atoms with Crippen molar-refractivity contribution >= 4 is 21.8 Å². The molecule has 0 atom stereocenters. The summed E-state index contributed by atoms with van der Waals surface area (Å²) in [5.74, 6) is -3.32. The van der Waals surface area contributed by atoms with Crippen LogP contribution in [-0.2, 0) is 19.4 Å². The first-order valence-electron chi connectivity index (χ1n) is 4.23. The van der Waals surface area contributed by atoms with E-state index in [9.17, 15) is 18.0 Å². The number of carbonyl (C=O) groups is 2. The number of carboxylic acids is 2. The molecule has 0 aliphatic carbocycles. The largest absolute Gasteiger partial charge is 0.480 e. The standard InChI is InChI=1S/C7H11NO6S/c9-6(10)5(7(11)12)8-1-3-15(13,14)4-2-8/h5H,1-4H2,(H,9,10)(H,11,12). The minimum absolute atomic E-state index is 0.0500. The molecule has 15 heavy (non-hydrogen) atoms. The van der Waals surface area contributed by atoms with Crippen LogP contribution in [0.4, 0.5) is 0 Å². The molecule has 0 amide bonds. The van der Waals surface area contributed by atoms with Gasteiger partial charge in [-0.1, -0.05) is 0 Å². The van der Waals surface area contributed by atoms with Crippen molar-refractivity contribution in [3.05, 3.63) is 0 Å². The normalized spacial score (nSPS) is 21.4. The average molecular weight is 237 g/mol. The van der Waals surface area contributed by atoms with E-state index < -0.39 is 27.8 Å². The zero-order valence-corrected chi connectivity index (χ0v) is 8.61. The van der Waals surface area contributed by atoms with Crippen molar-refractivity contribution < 1.29 is 28.2 Å². The molecular weight excluding hydrogens is 226 g/mol. The monoisotopic (exact) mass is 237 g/mol. The molecule has 0 aromatic rings. The lowest BCUT2D eigenvalue weighted by Gasteiger charge is -2.29. The smallest absolute Gasteiger partial charge is 0.332 e. The molecule has 1 rings (SSSR count). The molecule has 2 N–H and O–H groups in total. The Labute approximate surface area is 86.2 Å². The molecule has 0 unspecified atom stereocenters. The number of carboxylic acid groups (broad SMARTS) is 2. The predicted molar refractivity (Wildman–Crippen MR) is 49.3 cm³/mol. The number of aliphatic carboxylic acids is 2. The van der Waals surface area contributed by atoms with Crippen LogP contribution in [0.3, 0.4) is 0 Å². The molecule has 1 heterocycles. The van der Waals surface area contributed by atoms with E-state index in [4.69, 9.17) is 10.2 Å². The van der Waals surface area contributed by atoms with Crippen molar-refractivity contribution in [2.24, 2.45) is 0 Å². The Morgan fingerprint density at radius 3 is 1.80 bits per heavy atom. The van der Waals surface area contributed by atoms with Crippen molar-refractivity contribution in [1.82, 2.24) is 4.90 Å². The van der Waals surface area contributed by atoms with Gasteiger partial charge in [0.05, 0.1) is 11.5 Å². The molecule has 0 saturated carbocycles. The van der Waals surface area contributed by atoms with Gasteiger partial charge in [0, 0.05) is 13.1 Å². The molecular formula is C7H11NO6S. The van der Waals surface area contributed by atoms with E-state index in [0.29, 0.717) is 0 Å². The van der Waals surface area contributed by atoms with Crippen molar-refractivity contribution in [2.45, 2.75) is 6.04 Å². The van der Waals surface area contributed by atoms with Gasteiger partial charge in [-0.15, -0.1) is 0 Å². The number of hydrogen-bond acceptors (Lipinski definition) is 5. The van der Waals surface area contributed by atoms with Crippen LogP contribution in [0.15, 0.2) is 0 Å². The fraction of sp³-hybridized carbons (Fsp3) is 0.714. The van der Waals surface area contributed by atoms with Gasteiger partial charge in [0.25, 0.3) is 0 Å². The predicted octanol–water partition coefficient (Wildman–Crippen LogP) is -1.75. The summed E-state index contributed by atoms with van der Waals surface area (Å²) in [5.41, 5.74) is 0. The van der Waals surface area contributed by atoms with E-state index in [-0.39, 0.29) is 24.6 Å². The summed E-state index contributed by atoms with van der Waals surface area (Å²) in [6.45, 7) is -0.1000. The quantitative estimate of drug-likeness (QED) is 0.560. The topological polar surface area (TPSA) is 112 Å². The van der Waals surface area contributed by atoms with Gasteiger partial charge in [-0.05, 0) is 0 Å². The Morgan fingerprint density at radius 2 is 1.47 bits per heavy atom. The van der Waals surface area contributed by atoms with Crippen molar-refractivity contribution in [3.8, 4) is 0 Å². The molecule has 0 aromatic heterocycles. The zero-order valence-electron chi connectivity index (χ0n) is 7.79. The van der Waals surface area contributed by atoms with Crippen LogP contribution in [0, 0.1) is 0 Å². The van der Waals surface area contributed by atoms with Gasteiger partial charge in [-0.2, -0.15) is 0 Å². The summed E-state index contributed by atoms with van der Waals surface area (Å²) in [6.07, 6.45) is 0. The highest BCUT2D eigenvalue weighted by Gasteiger charge is 2.36. The molecule has 0 radical (unpaired) electrons. The number of rotatable bonds is 3. The molecule has 0 aromatic carbocycles. The molecule has 1 fully saturated rings. The van der Waals surface area contributed by atoms with E-state index in [1.807, 2.05) is 0 Å². The first kappa shape index (κ1) is 11.9. The SMILES string of the molecule is O=C(O)C(C(=O)O)N1CCS(=O)(=O)CC1. The lowest BCUT2D eigenvalue weighted by atomic mass is 10.2. The summed E-state index contributed by atoms with van der Waals surface area (Å²) < 4.78 is 22.1.